The van der Waals surface area contributed by atoms with E-state index in [1.54, 1.807) is 12.1 Å². The van der Waals surface area contributed by atoms with Crippen LogP contribution in [0.25, 0.3) is 11.1 Å². The molecule has 0 bridgehead atoms. The number of benzene rings is 1. The van der Waals surface area contributed by atoms with Crippen LogP contribution in [-0.2, 0) is 0 Å². The van der Waals surface area contributed by atoms with E-state index in [9.17, 15) is 4.79 Å². The Morgan fingerprint density at radius 3 is 2.29 bits per heavy atom. The molecule has 0 fully saturated rings. The van der Waals surface area contributed by atoms with E-state index in [2.05, 4.69) is 4.98 Å². The number of halogens is 4. The van der Waals surface area contributed by atoms with Gasteiger partial charge in [-0.1, -0.05) is 46.4 Å². The SMILES string of the molecule is O=c1[nH]cc(-c2cc(Cl)cc(Cl)c2Cl)cc1Cl. The van der Waals surface area contributed by atoms with E-state index in [0.29, 0.717) is 26.2 Å². The van der Waals surface area contributed by atoms with Gasteiger partial charge in [0.1, 0.15) is 5.02 Å². The number of rotatable bonds is 1. The van der Waals surface area contributed by atoms with Crippen LogP contribution < -0.4 is 5.56 Å². The van der Waals surface area contributed by atoms with E-state index in [4.69, 9.17) is 46.4 Å². The molecule has 2 nitrogen and oxygen atoms in total. The molecule has 0 atom stereocenters. The minimum atomic E-state index is -0.361. The second-order valence-electron chi connectivity index (χ2n) is 3.31. The van der Waals surface area contributed by atoms with Gasteiger partial charge in [-0.3, -0.25) is 4.79 Å². The Labute approximate surface area is 117 Å². The van der Waals surface area contributed by atoms with E-state index in [1.807, 2.05) is 0 Å². The molecule has 2 aromatic rings. The third-order valence-corrected chi connectivity index (χ3v) is 3.46. The van der Waals surface area contributed by atoms with Crippen LogP contribution >= 0.6 is 46.4 Å². The van der Waals surface area contributed by atoms with Gasteiger partial charge in [0.25, 0.3) is 5.56 Å². The van der Waals surface area contributed by atoms with E-state index < -0.39 is 0 Å². The number of hydrogen-bond acceptors (Lipinski definition) is 1. The molecule has 0 aliphatic carbocycles. The lowest BCUT2D eigenvalue weighted by Gasteiger charge is -2.07. The van der Waals surface area contributed by atoms with Crippen LogP contribution in [0.3, 0.4) is 0 Å². The van der Waals surface area contributed by atoms with Crippen LogP contribution in [0.1, 0.15) is 0 Å². The van der Waals surface area contributed by atoms with E-state index >= 15 is 0 Å². The van der Waals surface area contributed by atoms with Crippen LogP contribution in [0, 0.1) is 0 Å². The Hall–Kier alpha value is -0.670. The lowest BCUT2D eigenvalue weighted by molar-refractivity contribution is 1.24. The first-order chi connectivity index (χ1) is 7.99. The molecule has 0 aliphatic rings. The van der Waals surface area contributed by atoms with Gasteiger partial charge in [0.15, 0.2) is 0 Å². The highest BCUT2D eigenvalue weighted by Gasteiger charge is 2.10. The normalized spacial score (nSPS) is 10.6. The zero-order valence-corrected chi connectivity index (χ0v) is 11.3. The average molecular weight is 309 g/mol. The summed E-state index contributed by atoms with van der Waals surface area (Å²) in [5, 5.41) is 1.24. The monoisotopic (exact) mass is 307 g/mol. The second-order valence-corrected chi connectivity index (χ2v) is 4.94. The molecular weight excluding hydrogens is 304 g/mol. The number of hydrogen-bond donors (Lipinski definition) is 1. The highest BCUT2D eigenvalue weighted by atomic mass is 35.5. The smallest absolute Gasteiger partial charge is 0.266 e. The molecular formula is C11H5Cl4NO. The summed E-state index contributed by atoms with van der Waals surface area (Å²) in [6, 6.07) is 4.70. The molecule has 88 valence electrons. The van der Waals surface area contributed by atoms with Crippen molar-refractivity contribution in [2.24, 2.45) is 0 Å². The van der Waals surface area contributed by atoms with E-state index in [-0.39, 0.29) is 10.6 Å². The molecule has 0 unspecified atom stereocenters. The molecule has 1 aromatic carbocycles. The highest BCUT2D eigenvalue weighted by Crippen LogP contribution is 2.36. The van der Waals surface area contributed by atoms with Gasteiger partial charge in [-0.25, -0.2) is 0 Å². The van der Waals surface area contributed by atoms with Crippen molar-refractivity contribution in [2.75, 3.05) is 0 Å². The fraction of sp³-hybridized carbons (Fsp3) is 0. The van der Waals surface area contributed by atoms with E-state index in [0.717, 1.165) is 0 Å². The van der Waals surface area contributed by atoms with Gasteiger partial charge >= 0.3 is 0 Å². The summed E-state index contributed by atoms with van der Waals surface area (Å²) in [7, 11) is 0. The summed E-state index contributed by atoms with van der Waals surface area (Å²) in [6.45, 7) is 0. The molecule has 0 radical (unpaired) electrons. The molecule has 1 aromatic heterocycles. The van der Waals surface area contributed by atoms with E-state index in [1.165, 1.54) is 12.3 Å². The predicted octanol–water partition coefficient (Wildman–Crippen LogP) is 4.66. The summed E-state index contributed by atoms with van der Waals surface area (Å²) in [5.74, 6) is 0. The first kappa shape index (κ1) is 12.8. The molecule has 1 heterocycles. The van der Waals surface area contributed by atoms with Gasteiger partial charge in [-0.15, -0.1) is 0 Å². The minimum absolute atomic E-state index is 0.0784. The van der Waals surface area contributed by atoms with Crippen molar-refractivity contribution in [3.63, 3.8) is 0 Å². The third-order valence-electron chi connectivity index (χ3n) is 2.16. The lowest BCUT2D eigenvalue weighted by Crippen LogP contribution is -2.04. The summed E-state index contributed by atoms with van der Waals surface area (Å²) in [4.78, 5) is 13.6. The summed E-state index contributed by atoms with van der Waals surface area (Å²) in [5.41, 5.74) is 0.894. The van der Waals surface area contributed by atoms with Gasteiger partial charge in [-0.2, -0.15) is 0 Å². The van der Waals surface area contributed by atoms with Crippen LogP contribution in [-0.4, -0.2) is 4.98 Å². The summed E-state index contributed by atoms with van der Waals surface area (Å²) in [6.07, 6.45) is 1.50. The van der Waals surface area contributed by atoms with Crippen molar-refractivity contribution < 1.29 is 0 Å². The number of pyridine rings is 1. The van der Waals surface area contributed by atoms with Crippen molar-refractivity contribution in [1.82, 2.24) is 4.98 Å². The zero-order valence-electron chi connectivity index (χ0n) is 8.23. The Balaban J connectivity index is 2.68. The number of nitrogens with one attached hydrogen (secondary N) is 1. The standard InChI is InChI=1S/C11H5Cl4NO/c12-6-2-7(10(15)8(13)3-6)5-1-9(14)11(17)16-4-5/h1-4H,(H,16,17). The maximum atomic E-state index is 11.1. The molecule has 0 saturated carbocycles. The fourth-order valence-corrected chi connectivity index (χ4v) is 2.26. The minimum Gasteiger partial charge on any atom is -0.327 e. The molecule has 0 amide bonds. The summed E-state index contributed by atoms with van der Waals surface area (Å²) < 4.78 is 0. The first-order valence-electron chi connectivity index (χ1n) is 4.52. The topological polar surface area (TPSA) is 32.9 Å². The van der Waals surface area contributed by atoms with Crippen molar-refractivity contribution >= 4 is 46.4 Å². The second kappa shape index (κ2) is 4.91. The van der Waals surface area contributed by atoms with Gasteiger partial charge in [0, 0.05) is 22.3 Å². The van der Waals surface area contributed by atoms with Crippen molar-refractivity contribution in [3.8, 4) is 11.1 Å². The zero-order chi connectivity index (χ0) is 12.6. The van der Waals surface area contributed by atoms with Crippen molar-refractivity contribution in [1.29, 1.82) is 0 Å². The Bertz CT molecular complexity index is 636. The third kappa shape index (κ3) is 2.61. The predicted molar refractivity (Wildman–Crippen MR) is 72.5 cm³/mol. The van der Waals surface area contributed by atoms with Crippen LogP contribution in [0.2, 0.25) is 20.1 Å². The molecule has 17 heavy (non-hydrogen) atoms. The fourth-order valence-electron chi connectivity index (χ4n) is 1.38. The largest absolute Gasteiger partial charge is 0.327 e. The Morgan fingerprint density at radius 2 is 1.65 bits per heavy atom. The average Bonchev–Trinajstić information content (AvgIpc) is 2.27. The van der Waals surface area contributed by atoms with Crippen LogP contribution in [0.4, 0.5) is 0 Å². The van der Waals surface area contributed by atoms with Gasteiger partial charge < -0.3 is 4.98 Å². The van der Waals surface area contributed by atoms with Crippen molar-refractivity contribution in [3.05, 3.63) is 54.8 Å². The maximum Gasteiger partial charge on any atom is 0.266 e. The van der Waals surface area contributed by atoms with Crippen molar-refractivity contribution in [2.45, 2.75) is 0 Å². The highest BCUT2D eigenvalue weighted by molar-refractivity contribution is 6.45. The molecule has 1 N–H and O–H groups in total. The number of aromatic nitrogens is 1. The van der Waals surface area contributed by atoms with Crippen LogP contribution in [0.15, 0.2) is 29.2 Å². The quantitative estimate of drug-likeness (QED) is 0.764. The molecule has 0 saturated heterocycles. The first-order valence-corrected chi connectivity index (χ1v) is 6.03. The maximum absolute atomic E-state index is 11.1. The molecule has 0 aliphatic heterocycles. The Kier molecular flexibility index (Phi) is 3.69. The van der Waals surface area contributed by atoms with Gasteiger partial charge in [-0.05, 0) is 18.2 Å². The van der Waals surface area contributed by atoms with Crippen LogP contribution in [0.5, 0.6) is 0 Å². The Morgan fingerprint density at radius 1 is 0.941 bits per heavy atom. The van der Waals surface area contributed by atoms with Gasteiger partial charge in [0.05, 0.1) is 10.0 Å². The molecule has 0 spiro atoms. The lowest BCUT2D eigenvalue weighted by atomic mass is 10.1. The molecule has 2 rings (SSSR count). The summed E-state index contributed by atoms with van der Waals surface area (Å²) >= 11 is 23.6. The van der Waals surface area contributed by atoms with Gasteiger partial charge in [0.2, 0.25) is 0 Å². The number of aromatic amines is 1. The number of H-pyrrole nitrogens is 1. The molecule has 6 heteroatoms.